The third-order valence-electron chi connectivity index (χ3n) is 3.37. The van der Waals surface area contributed by atoms with Gasteiger partial charge >= 0.3 is 0 Å². The molecule has 1 amide bonds. The van der Waals surface area contributed by atoms with Crippen molar-refractivity contribution in [1.29, 1.82) is 0 Å². The topological polar surface area (TPSA) is 20.3 Å². The fourth-order valence-electron chi connectivity index (χ4n) is 2.00. The van der Waals surface area contributed by atoms with E-state index in [1.54, 1.807) is 0 Å². The first-order valence-corrected chi connectivity index (χ1v) is 6.27. The van der Waals surface area contributed by atoms with Crippen LogP contribution in [0.3, 0.4) is 0 Å². The van der Waals surface area contributed by atoms with E-state index in [0.29, 0.717) is 17.7 Å². The molecule has 0 aromatic carbocycles. The Morgan fingerprint density at radius 2 is 2.13 bits per heavy atom. The Morgan fingerprint density at radius 1 is 1.53 bits per heavy atom. The second-order valence-electron chi connectivity index (χ2n) is 5.56. The molecule has 1 fully saturated rings. The van der Waals surface area contributed by atoms with E-state index in [1.807, 2.05) is 18.7 Å². The molecule has 1 saturated heterocycles. The molecule has 1 unspecified atom stereocenters. The van der Waals surface area contributed by atoms with Gasteiger partial charge in [0.1, 0.15) is 0 Å². The van der Waals surface area contributed by atoms with Crippen LogP contribution >= 0.6 is 11.6 Å². The van der Waals surface area contributed by atoms with Gasteiger partial charge in [-0.2, -0.15) is 0 Å². The van der Waals surface area contributed by atoms with E-state index in [2.05, 4.69) is 13.8 Å². The Kier molecular flexibility index (Phi) is 4.05. The van der Waals surface area contributed by atoms with Gasteiger partial charge in [-0.05, 0) is 32.1 Å². The molecule has 1 aliphatic heterocycles. The third-order valence-corrected chi connectivity index (χ3v) is 4.04. The molecule has 0 aromatic heterocycles. The molecule has 0 aliphatic carbocycles. The number of hydrogen-bond donors (Lipinski definition) is 0. The predicted molar refractivity (Wildman–Crippen MR) is 64.0 cm³/mol. The van der Waals surface area contributed by atoms with E-state index in [1.165, 1.54) is 0 Å². The van der Waals surface area contributed by atoms with Crippen LogP contribution in [0.1, 0.15) is 34.1 Å². The lowest BCUT2D eigenvalue weighted by atomic mass is 9.93. The van der Waals surface area contributed by atoms with E-state index >= 15 is 0 Å². The molecule has 0 saturated carbocycles. The highest BCUT2D eigenvalue weighted by Crippen LogP contribution is 2.28. The Hall–Kier alpha value is -0.240. The van der Waals surface area contributed by atoms with Crippen LogP contribution in [-0.2, 0) is 4.79 Å². The van der Waals surface area contributed by atoms with Gasteiger partial charge in [-0.15, -0.1) is 11.6 Å². The zero-order valence-electron chi connectivity index (χ0n) is 10.2. The zero-order chi connectivity index (χ0) is 11.6. The smallest absolute Gasteiger partial charge is 0.229 e. The lowest BCUT2D eigenvalue weighted by Crippen LogP contribution is -2.40. The average Bonchev–Trinajstić information content (AvgIpc) is 2.65. The molecule has 2 nitrogen and oxygen atoms in total. The predicted octanol–water partition coefficient (Wildman–Crippen LogP) is 2.76. The first-order valence-electron chi connectivity index (χ1n) is 5.74. The fourth-order valence-corrected chi connectivity index (χ4v) is 2.12. The van der Waals surface area contributed by atoms with Gasteiger partial charge < -0.3 is 4.90 Å². The summed E-state index contributed by atoms with van der Waals surface area (Å²) in [4.78, 5) is 14.1. The van der Waals surface area contributed by atoms with Crippen molar-refractivity contribution < 1.29 is 4.79 Å². The van der Waals surface area contributed by atoms with Gasteiger partial charge in [0.2, 0.25) is 5.91 Å². The van der Waals surface area contributed by atoms with Crippen molar-refractivity contribution in [2.75, 3.05) is 19.0 Å². The van der Waals surface area contributed by atoms with Crippen LogP contribution in [0.4, 0.5) is 0 Å². The maximum Gasteiger partial charge on any atom is 0.229 e. The summed E-state index contributed by atoms with van der Waals surface area (Å²) in [6.07, 6.45) is 1.14. The summed E-state index contributed by atoms with van der Waals surface area (Å²) in [5.41, 5.74) is -0.409. The van der Waals surface area contributed by atoms with E-state index in [4.69, 9.17) is 11.6 Å². The third kappa shape index (κ3) is 2.87. The van der Waals surface area contributed by atoms with Crippen molar-refractivity contribution in [2.24, 2.45) is 17.3 Å². The monoisotopic (exact) mass is 231 g/mol. The first-order chi connectivity index (χ1) is 6.88. The molecular weight excluding hydrogens is 210 g/mol. The van der Waals surface area contributed by atoms with Crippen LogP contribution in [0.2, 0.25) is 0 Å². The van der Waals surface area contributed by atoms with E-state index in [9.17, 15) is 4.79 Å². The molecule has 0 bridgehead atoms. The van der Waals surface area contributed by atoms with Gasteiger partial charge in [0.25, 0.3) is 0 Å². The van der Waals surface area contributed by atoms with Crippen LogP contribution in [-0.4, -0.2) is 29.8 Å². The largest absolute Gasteiger partial charge is 0.342 e. The second kappa shape index (κ2) is 4.73. The maximum absolute atomic E-state index is 12.1. The molecule has 0 aromatic rings. The van der Waals surface area contributed by atoms with Crippen molar-refractivity contribution in [2.45, 2.75) is 34.1 Å². The highest BCUT2D eigenvalue weighted by Gasteiger charge is 2.35. The number of likely N-dealkylation sites (tertiary alicyclic amines) is 1. The Balaban J connectivity index is 2.58. The lowest BCUT2D eigenvalue weighted by Gasteiger charge is -2.27. The van der Waals surface area contributed by atoms with Gasteiger partial charge in [0.05, 0.1) is 5.41 Å². The van der Waals surface area contributed by atoms with Gasteiger partial charge in [0, 0.05) is 19.0 Å². The number of amides is 1. The van der Waals surface area contributed by atoms with Crippen LogP contribution in [0.5, 0.6) is 0 Å². The molecule has 1 heterocycles. The quantitative estimate of drug-likeness (QED) is 0.684. The molecule has 3 heteroatoms. The molecule has 1 atom stereocenters. The summed E-state index contributed by atoms with van der Waals surface area (Å²) in [6.45, 7) is 10.1. The normalized spacial score (nSPS) is 22.5. The lowest BCUT2D eigenvalue weighted by molar-refractivity contribution is -0.138. The second-order valence-corrected chi connectivity index (χ2v) is 5.83. The summed E-state index contributed by atoms with van der Waals surface area (Å²) in [7, 11) is 0. The zero-order valence-corrected chi connectivity index (χ0v) is 11.0. The molecule has 15 heavy (non-hydrogen) atoms. The minimum atomic E-state index is -0.409. The highest BCUT2D eigenvalue weighted by atomic mass is 35.5. The Labute approximate surface area is 98.0 Å². The summed E-state index contributed by atoms with van der Waals surface area (Å²) >= 11 is 5.82. The SMILES string of the molecule is CC(C)C1CCN(C(=O)C(C)(C)CCl)C1. The first kappa shape index (κ1) is 12.8. The van der Waals surface area contributed by atoms with Gasteiger partial charge in [-0.3, -0.25) is 4.79 Å². The summed E-state index contributed by atoms with van der Waals surface area (Å²) in [5, 5.41) is 0. The summed E-state index contributed by atoms with van der Waals surface area (Å²) in [6, 6.07) is 0. The molecule has 0 N–H and O–H groups in total. The van der Waals surface area contributed by atoms with Crippen LogP contribution in [0.25, 0.3) is 0 Å². The van der Waals surface area contributed by atoms with Gasteiger partial charge in [0.15, 0.2) is 0 Å². The number of nitrogens with zero attached hydrogens (tertiary/aromatic N) is 1. The number of alkyl halides is 1. The average molecular weight is 232 g/mol. The van der Waals surface area contributed by atoms with Crippen molar-refractivity contribution in [3.8, 4) is 0 Å². The van der Waals surface area contributed by atoms with Crippen LogP contribution in [0, 0.1) is 17.3 Å². The number of carbonyl (C=O) groups is 1. The van der Waals surface area contributed by atoms with Gasteiger partial charge in [-0.1, -0.05) is 13.8 Å². The minimum Gasteiger partial charge on any atom is -0.342 e. The minimum absolute atomic E-state index is 0.209. The molecule has 1 rings (SSSR count). The number of carbonyl (C=O) groups excluding carboxylic acids is 1. The standard InChI is InChI=1S/C12H22ClNO/c1-9(2)10-5-6-14(7-10)11(15)12(3,4)8-13/h9-10H,5-8H2,1-4H3. The number of hydrogen-bond acceptors (Lipinski definition) is 1. The number of halogens is 1. The van der Waals surface area contributed by atoms with Crippen molar-refractivity contribution in [3.63, 3.8) is 0 Å². The molecule has 88 valence electrons. The van der Waals surface area contributed by atoms with Gasteiger partial charge in [-0.25, -0.2) is 0 Å². The van der Waals surface area contributed by atoms with Crippen molar-refractivity contribution in [1.82, 2.24) is 4.90 Å². The molecular formula is C12H22ClNO. The van der Waals surface area contributed by atoms with Crippen molar-refractivity contribution >= 4 is 17.5 Å². The van der Waals surface area contributed by atoms with E-state index in [-0.39, 0.29) is 5.91 Å². The van der Waals surface area contributed by atoms with E-state index < -0.39 is 5.41 Å². The van der Waals surface area contributed by atoms with E-state index in [0.717, 1.165) is 19.5 Å². The van der Waals surface area contributed by atoms with Crippen LogP contribution < -0.4 is 0 Å². The van der Waals surface area contributed by atoms with Crippen LogP contribution in [0.15, 0.2) is 0 Å². The summed E-state index contributed by atoms with van der Waals surface area (Å²) < 4.78 is 0. The van der Waals surface area contributed by atoms with Crippen molar-refractivity contribution in [3.05, 3.63) is 0 Å². The Morgan fingerprint density at radius 3 is 2.53 bits per heavy atom. The summed E-state index contributed by atoms with van der Waals surface area (Å²) in [5.74, 6) is 1.94. The highest BCUT2D eigenvalue weighted by molar-refractivity contribution is 6.19. The molecule has 0 radical (unpaired) electrons. The number of rotatable bonds is 3. The maximum atomic E-state index is 12.1. The fraction of sp³-hybridized carbons (Fsp3) is 0.917. The Bertz CT molecular complexity index is 238. The molecule has 1 aliphatic rings. The molecule has 0 spiro atoms.